The van der Waals surface area contributed by atoms with Gasteiger partial charge in [-0.15, -0.1) is 0 Å². The van der Waals surface area contributed by atoms with Crippen LogP contribution in [0.2, 0.25) is 0 Å². The van der Waals surface area contributed by atoms with Gasteiger partial charge in [0.05, 0.1) is 18.0 Å². The topological polar surface area (TPSA) is 150 Å². The number of carbonyl (C=O) groups excluding carboxylic acids is 2. The first-order chi connectivity index (χ1) is 12.3. The molecule has 0 saturated heterocycles. The van der Waals surface area contributed by atoms with E-state index in [1.165, 1.54) is 0 Å². The molecule has 3 unspecified atom stereocenters. The van der Waals surface area contributed by atoms with E-state index in [0.29, 0.717) is 38.2 Å². The highest BCUT2D eigenvalue weighted by atomic mass is 16.4. The molecule has 0 radical (unpaired) electrons. The Hall–Kier alpha value is -2.58. The van der Waals surface area contributed by atoms with Crippen molar-refractivity contribution < 1.29 is 19.5 Å². The number of nitrogens with two attached hydrogens (primary N) is 1. The van der Waals surface area contributed by atoms with Crippen molar-refractivity contribution in [2.45, 2.75) is 45.6 Å². The molecular weight excluding hydrogens is 338 g/mol. The number of hydrogen-bond acceptors (Lipinski definition) is 5. The summed E-state index contributed by atoms with van der Waals surface area (Å²) in [7, 11) is 0. The van der Waals surface area contributed by atoms with Crippen molar-refractivity contribution in [2.24, 2.45) is 17.8 Å². The number of carbonyl (C=O) groups is 3. The van der Waals surface area contributed by atoms with Gasteiger partial charge in [0.25, 0.3) is 0 Å². The molecule has 26 heavy (non-hydrogen) atoms. The Morgan fingerprint density at radius 2 is 2.12 bits per heavy atom. The Bertz CT molecular complexity index is 657. The second-order valence-electron chi connectivity index (χ2n) is 7.17. The number of nitrogens with one attached hydrogen (secondary N) is 3. The minimum Gasteiger partial charge on any atom is -0.481 e. The lowest BCUT2D eigenvalue weighted by atomic mass is 10.0. The molecule has 0 aliphatic heterocycles. The second kappa shape index (κ2) is 8.68. The van der Waals surface area contributed by atoms with E-state index in [1.807, 2.05) is 13.8 Å². The summed E-state index contributed by atoms with van der Waals surface area (Å²) in [5.41, 5.74) is 6.41. The molecule has 1 aliphatic rings. The predicted molar refractivity (Wildman–Crippen MR) is 94.9 cm³/mol. The number of aryl methyl sites for hydroxylation is 1. The molecule has 9 heteroatoms. The van der Waals surface area contributed by atoms with Gasteiger partial charge in [0.15, 0.2) is 5.95 Å². The third kappa shape index (κ3) is 5.75. The molecule has 0 spiro atoms. The molecule has 6 N–H and O–H groups in total. The van der Waals surface area contributed by atoms with E-state index in [2.05, 4.69) is 20.6 Å². The zero-order valence-corrected chi connectivity index (χ0v) is 15.1. The number of aromatic nitrogens is 2. The maximum atomic E-state index is 12.4. The first-order valence-electron chi connectivity index (χ1n) is 8.88. The van der Waals surface area contributed by atoms with Gasteiger partial charge in [0, 0.05) is 12.2 Å². The van der Waals surface area contributed by atoms with Crippen LogP contribution in [-0.2, 0) is 20.8 Å². The predicted octanol–water partition coefficient (Wildman–Crippen LogP) is 0.292. The summed E-state index contributed by atoms with van der Waals surface area (Å²) in [5.74, 6) is -2.14. The molecule has 1 aliphatic carbocycles. The lowest BCUT2D eigenvalue weighted by molar-refractivity contribution is -0.140. The number of carboxylic acids is 1. The maximum Gasteiger partial charge on any atom is 0.307 e. The molecule has 1 aromatic rings. The molecule has 144 valence electrons. The summed E-state index contributed by atoms with van der Waals surface area (Å²) in [6, 6.07) is -0.652. The normalized spacial score (nSPS) is 19.8. The maximum absolute atomic E-state index is 12.4. The van der Waals surface area contributed by atoms with Gasteiger partial charge in [-0.05, 0) is 31.6 Å². The minimum absolute atomic E-state index is 0.216. The van der Waals surface area contributed by atoms with E-state index in [-0.39, 0.29) is 17.7 Å². The van der Waals surface area contributed by atoms with E-state index in [1.54, 1.807) is 6.20 Å². The summed E-state index contributed by atoms with van der Waals surface area (Å²) in [6.07, 6.45) is 3.91. The van der Waals surface area contributed by atoms with Crippen molar-refractivity contribution in [1.29, 1.82) is 0 Å². The number of nitrogens with zero attached hydrogens (tertiary/aromatic N) is 1. The van der Waals surface area contributed by atoms with Crippen molar-refractivity contribution in [3.05, 3.63) is 11.9 Å². The van der Waals surface area contributed by atoms with E-state index in [0.717, 1.165) is 5.69 Å². The van der Waals surface area contributed by atoms with Crippen molar-refractivity contribution in [3.8, 4) is 0 Å². The van der Waals surface area contributed by atoms with E-state index < -0.39 is 23.8 Å². The van der Waals surface area contributed by atoms with Crippen LogP contribution >= 0.6 is 0 Å². The first kappa shape index (κ1) is 19.7. The second-order valence-corrected chi connectivity index (χ2v) is 7.17. The molecule has 9 nitrogen and oxygen atoms in total. The SMILES string of the molecule is CC(C)CC(NC(=O)C1CC1C(=O)O)C(=O)NCCCc1cnc(N)[nH]1. The Kier molecular flexibility index (Phi) is 6.59. The van der Waals surface area contributed by atoms with Crippen molar-refractivity contribution in [3.63, 3.8) is 0 Å². The van der Waals surface area contributed by atoms with Crippen molar-refractivity contribution in [1.82, 2.24) is 20.6 Å². The van der Waals surface area contributed by atoms with Crippen LogP contribution in [0.3, 0.4) is 0 Å². The van der Waals surface area contributed by atoms with Crippen molar-refractivity contribution in [2.75, 3.05) is 12.3 Å². The van der Waals surface area contributed by atoms with Gasteiger partial charge in [0.2, 0.25) is 11.8 Å². The number of carboxylic acid groups (broad SMARTS) is 1. The third-order valence-electron chi connectivity index (χ3n) is 4.35. The van der Waals surface area contributed by atoms with Crippen LogP contribution in [0, 0.1) is 17.8 Å². The van der Waals surface area contributed by atoms with Crippen LogP contribution in [0.25, 0.3) is 0 Å². The minimum atomic E-state index is -0.963. The average molecular weight is 365 g/mol. The van der Waals surface area contributed by atoms with Crippen LogP contribution in [0.1, 0.15) is 38.8 Å². The van der Waals surface area contributed by atoms with Crippen LogP contribution in [0.4, 0.5) is 5.95 Å². The van der Waals surface area contributed by atoms with Gasteiger partial charge in [-0.25, -0.2) is 4.98 Å². The standard InChI is InChI=1S/C17H27N5O4/c1-9(2)6-13(22-14(23)11-7-12(11)16(25)26)15(24)19-5-3-4-10-8-20-17(18)21-10/h8-9,11-13H,3-7H2,1-2H3,(H,19,24)(H,22,23)(H,25,26)(H3,18,20,21). The molecule has 2 rings (SSSR count). The van der Waals surface area contributed by atoms with E-state index in [4.69, 9.17) is 10.8 Å². The van der Waals surface area contributed by atoms with Crippen LogP contribution in [0.5, 0.6) is 0 Å². The first-order valence-corrected chi connectivity index (χ1v) is 8.88. The number of rotatable bonds is 10. The fraction of sp³-hybridized carbons (Fsp3) is 0.647. The van der Waals surface area contributed by atoms with Gasteiger partial charge in [0.1, 0.15) is 6.04 Å². The van der Waals surface area contributed by atoms with E-state index in [9.17, 15) is 14.4 Å². The van der Waals surface area contributed by atoms with Crippen LogP contribution in [0.15, 0.2) is 6.20 Å². The molecular formula is C17H27N5O4. The molecule has 1 heterocycles. The van der Waals surface area contributed by atoms with E-state index >= 15 is 0 Å². The monoisotopic (exact) mass is 365 g/mol. The fourth-order valence-electron chi connectivity index (χ4n) is 2.86. The quantitative estimate of drug-likeness (QED) is 0.376. The lowest BCUT2D eigenvalue weighted by Crippen LogP contribution is -2.48. The summed E-state index contributed by atoms with van der Waals surface area (Å²) < 4.78 is 0. The number of hydrogen-bond donors (Lipinski definition) is 5. The summed E-state index contributed by atoms with van der Waals surface area (Å²) >= 11 is 0. The smallest absolute Gasteiger partial charge is 0.307 e. The fourth-order valence-corrected chi connectivity index (χ4v) is 2.86. The molecule has 1 aromatic heterocycles. The number of nitrogen functional groups attached to an aromatic ring is 1. The number of amides is 2. The number of imidazole rings is 1. The Morgan fingerprint density at radius 1 is 1.38 bits per heavy atom. The summed E-state index contributed by atoms with van der Waals surface area (Å²) in [6.45, 7) is 4.39. The van der Waals surface area contributed by atoms with Crippen LogP contribution in [-0.4, -0.2) is 45.4 Å². The van der Waals surface area contributed by atoms with Crippen LogP contribution < -0.4 is 16.4 Å². The molecule has 0 bridgehead atoms. The van der Waals surface area contributed by atoms with Gasteiger partial charge >= 0.3 is 5.97 Å². The van der Waals surface area contributed by atoms with Gasteiger partial charge in [-0.1, -0.05) is 13.8 Å². The molecule has 1 saturated carbocycles. The molecule has 2 amide bonds. The molecule has 3 atom stereocenters. The van der Waals surface area contributed by atoms with Gasteiger partial charge in [-0.3, -0.25) is 14.4 Å². The lowest BCUT2D eigenvalue weighted by Gasteiger charge is -2.20. The Morgan fingerprint density at radius 3 is 2.65 bits per heavy atom. The summed E-state index contributed by atoms with van der Waals surface area (Å²) in [4.78, 5) is 42.3. The van der Waals surface area contributed by atoms with Gasteiger partial charge in [-0.2, -0.15) is 0 Å². The number of H-pyrrole nitrogens is 1. The summed E-state index contributed by atoms with van der Waals surface area (Å²) in [5, 5.41) is 14.5. The number of aromatic amines is 1. The zero-order chi connectivity index (χ0) is 19.3. The molecule has 1 fully saturated rings. The van der Waals surface area contributed by atoms with Crippen molar-refractivity contribution >= 4 is 23.7 Å². The molecule has 0 aromatic carbocycles. The highest BCUT2D eigenvalue weighted by Gasteiger charge is 2.48. The zero-order valence-electron chi connectivity index (χ0n) is 15.1. The highest BCUT2D eigenvalue weighted by molar-refractivity contribution is 5.93. The average Bonchev–Trinajstić information content (AvgIpc) is 3.27. The largest absolute Gasteiger partial charge is 0.481 e. The Labute approximate surface area is 152 Å². The third-order valence-corrected chi connectivity index (χ3v) is 4.35. The number of aliphatic carboxylic acids is 1. The number of anilines is 1. The Balaban J connectivity index is 1.78. The van der Waals surface area contributed by atoms with Gasteiger partial charge < -0.3 is 26.5 Å². The highest BCUT2D eigenvalue weighted by Crippen LogP contribution is 2.38.